The molecular formula is C12H14N4. The molecule has 0 aliphatic heterocycles. The number of aromatic nitrogens is 3. The molecule has 2 heterocycles. The average Bonchev–Trinajstić information content (AvgIpc) is 2.38. The van der Waals surface area contributed by atoms with Gasteiger partial charge in [0, 0.05) is 43.6 Å². The highest BCUT2D eigenvalue weighted by atomic mass is 14.9. The Balaban J connectivity index is 1.92. The molecule has 0 aliphatic carbocycles. The topological polar surface area (TPSA) is 50.7 Å². The molecule has 0 unspecified atom stereocenters. The zero-order valence-corrected chi connectivity index (χ0v) is 9.17. The van der Waals surface area contributed by atoms with E-state index >= 15 is 0 Å². The van der Waals surface area contributed by atoms with E-state index in [0.29, 0.717) is 6.54 Å². The Morgan fingerprint density at radius 3 is 2.75 bits per heavy atom. The van der Waals surface area contributed by atoms with Gasteiger partial charge in [-0.1, -0.05) is 6.07 Å². The minimum Gasteiger partial charge on any atom is -0.304 e. The van der Waals surface area contributed by atoms with Crippen molar-refractivity contribution in [1.82, 2.24) is 20.3 Å². The largest absolute Gasteiger partial charge is 0.304 e. The van der Waals surface area contributed by atoms with Crippen molar-refractivity contribution in [2.24, 2.45) is 0 Å². The maximum Gasteiger partial charge on any atom is 0.0724 e. The van der Waals surface area contributed by atoms with Crippen LogP contribution in [-0.4, -0.2) is 15.0 Å². The van der Waals surface area contributed by atoms with Gasteiger partial charge in [0.1, 0.15) is 0 Å². The summed E-state index contributed by atoms with van der Waals surface area (Å²) in [6.45, 7) is 2.82. The van der Waals surface area contributed by atoms with Gasteiger partial charge in [0.25, 0.3) is 0 Å². The second kappa shape index (κ2) is 5.32. The summed E-state index contributed by atoms with van der Waals surface area (Å²) in [7, 11) is 0. The summed E-state index contributed by atoms with van der Waals surface area (Å²) in [6, 6.07) is 4.26. The Bertz CT molecular complexity index is 416. The van der Waals surface area contributed by atoms with E-state index in [1.165, 1.54) is 5.56 Å². The molecule has 0 radical (unpaired) electrons. The van der Waals surface area contributed by atoms with Gasteiger partial charge in [-0.3, -0.25) is 15.0 Å². The molecule has 4 nitrogen and oxygen atoms in total. The molecular weight excluding hydrogens is 200 g/mol. The molecule has 0 saturated heterocycles. The fourth-order valence-corrected chi connectivity index (χ4v) is 1.43. The molecule has 4 heteroatoms. The van der Waals surface area contributed by atoms with E-state index in [0.717, 1.165) is 5.69 Å². The quantitative estimate of drug-likeness (QED) is 0.842. The standard InChI is InChI=1S/C12H14N4/c1-10(11-3-2-4-13-7-11)16-9-12-8-14-5-6-15-12/h2-8,10,16H,9H2,1H3/t10-/m0/s1. The summed E-state index contributed by atoms with van der Waals surface area (Å²) in [5.41, 5.74) is 2.12. The summed E-state index contributed by atoms with van der Waals surface area (Å²) in [5.74, 6) is 0. The van der Waals surface area contributed by atoms with Crippen molar-refractivity contribution >= 4 is 0 Å². The first kappa shape index (κ1) is 10.7. The maximum atomic E-state index is 4.20. The summed E-state index contributed by atoms with van der Waals surface area (Å²) in [4.78, 5) is 12.3. The Morgan fingerprint density at radius 2 is 2.06 bits per heavy atom. The van der Waals surface area contributed by atoms with Gasteiger partial charge in [0.15, 0.2) is 0 Å². The van der Waals surface area contributed by atoms with Crippen LogP contribution in [0.25, 0.3) is 0 Å². The SMILES string of the molecule is C[C@H](NCc1cnccn1)c1cccnc1. The summed E-state index contributed by atoms with van der Waals surface area (Å²) >= 11 is 0. The van der Waals surface area contributed by atoms with Gasteiger partial charge in [0.05, 0.1) is 5.69 Å². The smallest absolute Gasteiger partial charge is 0.0724 e. The molecule has 16 heavy (non-hydrogen) atoms. The highest BCUT2D eigenvalue weighted by Crippen LogP contribution is 2.10. The van der Waals surface area contributed by atoms with Crippen LogP contribution in [0.5, 0.6) is 0 Å². The minimum absolute atomic E-state index is 0.260. The van der Waals surface area contributed by atoms with E-state index in [1.54, 1.807) is 24.8 Å². The van der Waals surface area contributed by atoms with Crippen LogP contribution in [-0.2, 0) is 6.54 Å². The fraction of sp³-hybridized carbons (Fsp3) is 0.250. The summed E-state index contributed by atoms with van der Waals surface area (Å²) in [6.07, 6.45) is 8.79. The lowest BCUT2D eigenvalue weighted by Crippen LogP contribution is -2.18. The molecule has 0 aromatic carbocycles. The van der Waals surface area contributed by atoms with E-state index < -0.39 is 0 Å². The van der Waals surface area contributed by atoms with Crippen molar-refractivity contribution in [3.63, 3.8) is 0 Å². The van der Waals surface area contributed by atoms with Gasteiger partial charge in [0.2, 0.25) is 0 Å². The van der Waals surface area contributed by atoms with Gasteiger partial charge in [-0.25, -0.2) is 0 Å². The third-order valence-electron chi connectivity index (χ3n) is 2.39. The first-order valence-electron chi connectivity index (χ1n) is 5.24. The Kier molecular flexibility index (Phi) is 3.56. The predicted molar refractivity (Wildman–Crippen MR) is 61.5 cm³/mol. The third kappa shape index (κ3) is 2.84. The summed E-state index contributed by atoms with van der Waals surface area (Å²) < 4.78 is 0. The van der Waals surface area contributed by atoms with Crippen molar-refractivity contribution < 1.29 is 0 Å². The Hall–Kier alpha value is -1.81. The molecule has 0 fully saturated rings. The first-order chi connectivity index (χ1) is 7.86. The van der Waals surface area contributed by atoms with Crippen LogP contribution in [0.3, 0.4) is 0 Å². The normalized spacial score (nSPS) is 12.3. The van der Waals surface area contributed by atoms with E-state index in [1.807, 2.05) is 12.3 Å². The van der Waals surface area contributed by atoms with Gasteiger partial charge in [-0.05, 0) is 18.6 Å². The Morgan fingerprint density at radius 1 is 1.19 bits per heavy atom. The van der Waals surface area contributed by atoms with Gasteiger partial charge >= 0.3 is 0 Å². The van der Waals surface area contributed by atoms with Gasteiger partial charge in [-0.15, -0.1) is 0 Å². The van der Waals surface area contributed by atoms with Crippen LogP contribution in [0.4, 0.5) is 0 Å². The monoisotopic (exact) mass is 214 g/mol. The summed E-state index contributed by atoms with van der Waals surface area (Å²) in [5, 5.41) is 3.37. The average molecular weight is 214 g/mol. The molecule has 2 rings (SSSR count). The van der Waals surface area contributed by atoms with Crippen LogP contribution in [0.15, 0.2) is 43.1 Å². The van der Waals surface area contributed by atoms with Gasteiger partial charge < -0.3 is 5.32 Å². The molecule has 2 aromatic heterocycles. The fourth-order valence-electron chi connectivity index (χ4n) is 1.43. The second-order valence-electron chi connectivity index (χ2n) is 3.59. The maximum absolute atomic E-state index is 4.20. The van der Waals surface area contributed by atoms with E-state index in [2.05, 4.69) is 33.3 Å². The molecule has 0 amide bonds. The lowest BCUT2D eigenvalue weighted by Gasteiger charge is -2.12. The van der Waals surface area contributed by atoms with Crippen LogP contribution >= 0.6 is 0 Å². The van der Waals surface area contributed by atoms with E-state index in [9.17, 15) is 0 Å². The molecule has 0 spiro atoms. The lowest BCUT2D eigenvalue weighted by molar-refractivity contribution is 0.565. The van der Waals surface area contributed by atoms with Crippen molar-refractivity contribution in [1.29, 1.82) is 0 Å². The lowest BCUT2D eigenvalue weighted by atomic mass is 10.1. The number of nitrogens with one attached hydrogen (secondary N) is 1. The van der Waals surface area contributed by atoms with Crippen molar-refractivity contribution in [2.75, 3.05) is 0 Å². The van der Waals surface area contributed by atoms with E-state index in [-0.39, 0.29) is 6.04 Å². The number of nitrogens with zero attached hydrogens (tertiary/aromatic N) is 3. The highest BCUT2D eigenvalue weighted by molar-refractivity contribution is 5.13. The zero-order chi connectivity index (χ0) is 11.2. The number of rotatable bonds is 4. The van der Waals surface area contributed by atoms with Crippen LogP contribution in [0, 0.1) is 0 Å². The first-order valence-corrected chi connectivity index (χ1v) is 5.24. The molecule has 2 aromatic rings. The molecule has 1 N–H and O–H groups in total. The Labute approximate surface area is 94.8 Å². The zero-order valence-electron chi connectivity index (χ0n) is 9.17. The van der Waals surface area contributed by atoms with Crippen LogP contribution in [0.1, 0.15) is 24.2 Å². The number of pyridine rings is 1. The second-order valence-corrected chi connectivity index (χ2v) is 3.59. The van der Waals surface area contributed by atoms with Crippen molar-refractivity contribution in [3.05, 3.63) is 54.4 Å². The van der Waals surface area contributed by atoms with E-state index in [4.69, 9.17) is 0 Å². The van der Waals surface area contributed by atoms with Crippen LogP contribution < -0.4 is 5.32 Å². The van der Waals surface area contributed by atoms with Crippen LogP contribution in [0.2, 0.25) is 0 Å². The van der Waals surface area contributed by atoms with Crippen molar-refractivity contribution in [2.45, 2.75) is 19.5 Å². The molecule has 0 saturated carbocycles. The molecule has 0 aliphatic rings. The molecule has 1 atom stereocenters. The third-order valence-corrected chi connectivity index (χ3v) is 2.39. The predicted octanol–water partition coefficient (Wildman–Crippen LogP) is 1.72. The highest BCUT2D eigenvalue weighted by Gasteiger charge is 2.04. The minimum atomic E-state index is 0.260. The van der Waals surface area contributed by atoms with Gasteiger partial charge in [-0.2, -0.15) is 0 Å². The molecule has 0 bridgehead atoms. The van der Waals surface area contributed by atoms with Crippen molar-refractivity contribution in [3.8, 4) is 0 Å². The number of hydrogen-bond donors (Lipinski definition) is 1. The number of hydrogen-bond acceptors (Lipinski definition) is 4. The molecule has 82 valence electrons.